The van der Waals surface area contributed by atoms with Crippen LogP contribution < -0.4 is 0 Å². The van der Waals surface area contributed by atoms with Gasteiger partial charge in [-0.2, -0.15) is 0 Å². The van der Waals surface area contributed by atoms with Gasteiger partial charge in [0.25, 0.3) is 0 Å². The van der Waals surface area contributed by atoms with Crippen molar-refractivity contribution in [1.29, 1.82) is 0 Å². The molecule has 1 aliphatic heterocycles. The predicted octanol–water partition coefficient (Wildman–Crippen LogP) is 2.21. The summed E-state index contributed by atoms with van der Waals surface area (Å²) in [6, 6.07) is 0.486. The Morgan fingerprint density at radius 3 is 2.70 bits per heavy atom. The van der Waals surface area contributed by atoms with E-state index < -0.39 is 0 Å². The monoisotopic (exact) mass is 320 g/mol. The van der Waals surface area contributed by atoms with Gasteiger partial charge in [0.15, 0.2) is 0 Å². The summed E-state index contributed by atoms with van der Waals surface area (Å²) in [7, 11) is 4.15. The van der Waals surface area contributed by atoms with Crippen molar-refractivity contribution in [3.63, 3.8) is 0 Å². The molecule has 1 saturated carbocycles. The Morgan fingerprint density at radius 2 is 2.00 bits per heavy atom. The molecule has 128 valence electrons. The fraction of sp³-hybridized carbons (Fsp3) is 0.824. The van der Waals surface area contributed by atoms with Crippen LogP contribution >= 0.6 is 0 Å². The van der Waals surface area contributed by atoms with E-state index in [0.717, 1.165) is 38.2 Å². The third kappa shape index (κ3) is 4.10. The van der Waals surface area contributed by atoms with Gasteiger partial charge < -0.3 is 14.2 Å². The van der Waals surface area contributed by atoms with Crippen molar-refractivity contribution in [3.05, 3.63) is 11.8 Å². The number of nitrogens with zero attached hydrogens (tertiary/aromatic N) is 4. The van der Waals surface area contributed by atoms with Crippen LogP contribution in [0.3, 0.4) is 0 Å². The molecule has 1 aromatic heterocycles. The summed E-state index contributed by atoms with van der Waals surface area (Å²) < 4.78 is 5.79. The molecule has 3 rings (SSSR count). The van der Waals surface area contributed by atoms with Crippen LogP contribution in [0.25, 0.3) is 0 Å². The molecule has 1 unspecified atom stereocenters. The zero-order valence-corrected chi connectivity index (χ0v) is 14.3. The van der Waals surface area contributed by atoms with E-state index in [1.165, 1.54) is 19.3 Å². The smallest absolute Gasteiger partial charge is 0.223 e. The van der Waals surface area contributed by atoms with Crippen LogP contribution in [0.15, 0.2) is 4.42 Å². The minimum Gasteiger partial charge on any atom is -0.425 e. The third-order valence-electron chi connectivity index (χ3n) is 5.24. The Hall–Kier alpha value is -1.43. The van der Waals surface area contributed by atoms with Crippen molar-refractivity contribution in [3.8, 4) is 0 Å². The lowest BCUT2D eigenvalue weighted by atomic mass is 9.89. The second kappa shape index (κ2) is 7.43. The summed E-state index contributed by atoms with van der Waals surface area (Å²) in [5.74, 6) is 2.02. The minimum absolute atomic E-state index is 0.201. The maximum absolute atomic E-state index is 12.3. The molecule has 1 aliphatic carbocycles. The molecular formula is C17H28N4O2. The predicted molar refractivity (Wildman–Crippen MR) is 87.1 cm³/mol. The van der Waals surface area contributed by atoms with Crippen molar-refractivity contribution in [2.45, 2.75) is 63.3 Å². The molecule has 23 heavy (non-hydrogen) atoms. The highest BCUT2D eigenvalue weighted by Gasteiger charge is 2.27. The summed E-state index contributed by atoms with van der Waals surface area (Å²) in [4.78, 5) is 16.5. The highest BCUT2D eigenvalue weighted by Crippen LogP contribution is 2.31. The van der Waals surface area contributed by atoms with Crippen molar-refractivity contribution < 1.29 is 9.21 Å². The van der Waals surface area contributed by atoms with Crippen LogP contribution in [-0.2, 0) is 11.2 Å². The molecule has 0 aromatic carbocycles. The Kier molecular flexibility index (Phi) is 5.30. The van der Waals surface area contributed by atoms with Crippen molar-refractivity contribution in [2.75, 3.05) is 27.2 Å². The van der Waals surface area contributed by atoms with Gasteiger partial charge in [0.1, 0.15) is 0 Å². The molecule has 6 nitrogen and oxygen atoms in total. The largest absolute Gasteiger partial charge is 0.425 e. The fourth-order valence-corrected chi connectivity index (χ4v) is 3.64. The molecular weight excluding hydrogens is 292 g/mol. The first-order valence-corrected chi connectivity index (χ1v) is 8.90. The second-order valence-electron chi connectivity index (χ2n) is 7.11. The molecule has 0 bridgehead atoms. The quantitative estimate of drug-likeness (QED) is 0.832. The molecule has 2 aliphatic rings. The number of aromatic nitrogens is 2. The molecule has 6 heteroatoms. The summed E-state index contributed by atoms with van der Waals surface area (Å²) in [6.45, 7) is 1.70. The Labute approximate surface area is 138 Å². The van der Waals surface area contributed by atoms with Gasteiger partial charge in [-0.05, 0) is 33.4 Å². The lowest BCUT2D eigenvalue weighted by Gasteiger charge is -2.20. The van der Waals surface area contributed by atoms with Crippen molar-refractivity contribution in [1.82, 2.24) is 20.0 Å². The van der Waals surface area contributed by atoms with Crippen LogP contribution in [0.4, 0.5) is 0 Å². The standard InChI is InChI=1S/C17H28N4O2/c1-20(2)14-10-11-21(12-14)16(22)9-8-15-18-19-17(23-15)13-6-4-3-5-7-13/h13-14H,3-12H2,1-2H3. The number of likely N-dealkylation sites (N-methyl/N-ethyl adjacent to an activating group) is 1. The van der Waals surface area contributed by atoms with Gasteiger partial charge in [-0.3, -0.25) is 4.79 Å². The van der Waals surface area contributed by atoms with Crippen molar-refractivity contribution in [2.24, 2.45) is 0 Å². The molecule has 1 aromatic rings. The summed E-state index contributed by atoms with van der Waals surface area (Å²) in [5, 5.41) is 8.34. The first kappa shape index (κ1) is 16.4. The molecule has 2 heterocycles. The number of aryl methyl sites for hydroxylation is 1. The highest BCUT2D eigenvalue weighted by molar-refractivity contribution is 5.76. The number of rotatable bonds is 5. The second-order valence-corrected chi connectivity index (χ2v) is 7.11. The van der Waals surface area contributed by atoms with E-state index in [4.69, 9.17) is 4.42 Å². The SMILES string of the molecule is CN(C)C1CCN(C(=O)CCc2nnc(C3CCCCC3)o2)C1. The van der Waals surface area contributed by atoms with Crippen LogP contribution in [0, 0.1) is 0 Å². The highest BCUT2D eigenvalue weighted by atomic mass is 16.4. The molecule has 2 fully saturated rings. The van der Waals surface area contributed by atoms with E-state index in [1.54, 1.807) is 0 Å². The molecule has 0 N–H and O–H groups in total. The van der Waals surface area contributed by atoms with Crippen LogP contribution in [-0.4, -0.2) is 59.1 Å². The minimum atomic E-state index is 0.201. The van der Waals surface area contributed by atoms with Crippen LogP contribution in [0.1, 0.15) is 62.6 Å². The van der Waals surface area contributed by atoms with Gasteiger partial charge in [-0.15, -0.1) is 10.2 Å². The van der Waals surface area contributed by atoms with Crippen molar-refractivity contribution >= 4 is 5.91 Å². The maximum atomic E-state index is 12.3. The zero-order valence-electron chi connectivity index (χ0n) is 14.3. The topological polar surface area (TPSA) is 62.5 Å². The zero-order chi connectivity index (χ0) is 16.2. The molecule has 1 atom stereocenters. The Morgan fingerprint density at radius 1 is 1.22 bits per heavy atom. The maximum Gasteiger partial charge on any atom is 0.223 e. The van der Waals surface area contributed by atoms with Gasteiger partial charge in [-0.25, -0.2) is 0 Å². The average molecular weight is 320 g/mol. The normalized spacial score (nSPS) is 22.9. The van der Waals surface area contributed by atoms with Gasteiger partial charge in [-0.1, -0.05) is 19.3 Å². The van der Waals surface area contributed by atoms with Gasteiger partial charge >= 0.3 is 0 Å². The number of likely N-dealkylation sites (tertiary alicyclic amines) is 1. The first-order valence-electron chi connectivity index (χ1n) is 8.90. The van der Waals surface area contributed by atoms with E-state index in [2.05, 4.69) is 29.2 Å². The number of carbonyl (C=O) groups is 1. The Balaban J connectivity index is 1.47. The number of hydrogen-bond donors (Lipinski definition) is 0. The lowest BCUT2D eigenvalue weighted by Crippen LogP contribution is -2.34. The fourth-order valence-electron chi connectivity index (χ4n) is 3.64. The van der Waals surface area contributed by atoms with Crippen LogP contribution in [0.2, 0.25) is 0 Å². The summed E-state index contributed by atoms with van der Waals surface area (Å²) in [5.41, 5.74) is 0. The van der Waals surface area contributed by atoms with Gasteiger partial charge in [0, 0.05) is 37.9 Å². The number of hydrogen-bond acceptors (Lipinski definition) is 5. The van der Waals surface area contributed by atoms with E-state index >= 15 is 0 Å². The molecule has 1 saturated heterocycles. The molecule has 0 radical (unpaired) electrons. The molecule has 0 spiro atoms. The molecule has 1 amide bonds. The van der Waals surface area contributed by atoms with E-state index in [-0.39, 0.29) is 5.91 Å². The number of carbonyl (C=O) groups excluding carboxylic acids is 1. The van der Waals surface area contributed by atoms with Crippen LogP contribution in [0.5, 0.6) is 0 Å². The lowest BCUT2D eigenvalue weighted by molar-refractivity contribution is -0.130. The average Bonchev–Trinajstić information content (AvgIpc) is 3.23. The van der Waals surface area contributed by atoms with E-state index in [0.29, 0.717) is 30.7 Å². The van der Waals surface area contributed by atoms with E-state index in [9.17, 15) is 4.79 Å². The third-order valence-corrected chi connectivity index (χ3v) is 5.24. The first-order chi connectivity index (χ1) is 11.1. The van der Waals surface area contributed by atoms with Gasteiger partial charge in [0.2, 0.25) is 17.7 Å². The van der Waals surface area contributed by atoms with Gasteiger partial charge in [0.05, 0.1) is 0 Å². The summed E-state index contributed by atoms with van der Waals surface area (Å²) >= 11 is 0. The summed E-state index contributed by atoms with van der Waals surface area (Å²) in [6.07, 6.45) is 8.21. The Bertz CT molecular complexity index is 522. The number of amides is 1. The van der Waals surface area contributed by atoms with E-state index in [1.807, 2.05) is 4.90 Å².